The Bertz CT molecular complexity index is 725. The van der Waals surface area contributed by atoms with Gasteiger partial charge in [0.05, 0.1) is 24.4 Å². The van der Waals surface area contributed by atoms with Crippen molar-refractivity contribution in [2.45, 2.75) is 31.8 Å². The minimum atomic E-state index is -0.561. The fraction of sp³-hybridized carbons (Fsp3) is 0.412. The van der Waals surface area contributed by atoms with Gasteiger partial charge in [0.15, 0.2) is 0 Å². The number of nitrogens with one attached hydrogen (secondary N) is 2. The van der Waals surface area contributed by atoms with Crippen LogP contribution in [0, 0.1) is 0 Å². The summed E-state index contributed by atoms with van der Waals surface area (Å²) in [5, 5.41) is 20.6. The fourth-order valence-electron chi connectivity index (χ4n) is 2.89. The lowest BCUT2D eigenvalue weighted by Gasteiger charge is -2.23. The van der Waals surface area contributed by atoms with E-state index in [0.29, 0.717) is 17.4 Å². The number of carbonyl (C=O) groups excluding carboxylic acids is 1. The number of nitrogens with zero attached hydrogens (tertiary/aromatic N) is 2. The Hall–Kier alpha value is -1.60. The van der Waals surface area contributed by atoms with E-state index in [-0.39, 0.29) is 24.9 Å². The zero-order valence-corrected chi connectivity index (χ0v) is 15.5. The third-order valence-corrected chi connectivity index (χ3v) is 4.60. The van der Waals surface area contributed by atoms with Crippen LogP contribution in [0.1, 0.15) is 19.8 Å². The third-order valence-electron chi connectivity index (χ3n) is 4.34. The largest absolute Gasteiger partial charge is 0.394 e. The smallest absolute Gasteiger partial charge is 0.245 e. The first-order chi connectivity index (χ1) is 11.5. The first-order valence-corrected chi connectivity index (χ1v) is 8.41. The molecule has 136 valence electrons. The molecule has 1 amide bonds. The molecule has 0 radical (unpaired) electrons. The number of rotatable bonds is 5. The Balaban J connectivity index is 0.00000225. The monoisotopic (exact) mass is 384 g/mol. The van der Waals surface area contributed by atoms with E-state index in [1.807, 2.05) is 25.1 Å². The molecule has 8 heteroatoms. The molecule has 1 fully saturated rings. The summed E-state index contributed by atoms with van der Waals surface area (Å²) < 4.78 is 1.61. The van der Waals surface area contributed by atoms with Gasteiger partial charge in [0, 0.05) is 16.7 Å². The number of amides is 1. The number of anilines is 1. The number of hydrogen-bond acceptors (Lipinski definition) is 4. The second kappa shape index (κ2) is 8.19. The van der Waals surface area contributed by atoms with Crippen LogP contribution in [0.4, 0.5) is 5.82 Å². The normalized spacial score (nSPS) is 19.5. The minimum Gasteiger partial charge on any atom is -0.394 e. The highest BCUT2D eigenvalue weighted by atomic mass is 35.5. The molecule has 6 nitrogen and oxygen atoms in total. The second-order valence-corrected chi connectivity index (χ2v) is 6.62. The summed E-state index contributed by atoms with van der Waals surface area (Å²) in [6.45, 7) is 3.01. The van der Waals surface area contributed by atoms with Gasteiger partial charge in [0.1, 0.15) is 5.82 Å². The molecular formula is C17H22Cl2N4O2. The van der Waals surface area contributed by atoms with E-state index in [2.05, 4.69) is 15.7 Å². The first-order valence-electron chi connectivity index (χ1n) is 8.03. The summed E-state index contributed by atoms with van der Waals surface area (Å²) in [6, 6.07) is 9.15. The van der Waals surface area contributed by atoms with E-state index in [9.17, 15) is 9.90 Å². The number of benzene rings is 1. The molecule has 1 aromatic carbocycles. The molecule has 0 bridgehead atoms. The maximum absolute atomic E-state index is 12.6. The standard InChI is InChI=1S/C17H21ClN4O2.ClH/c1-17(7-2-8-19-17)16(24)20-15-11-14(21-22(15)9-10-23)12-3-5-13(18)6-4-12;/h3-6,11,19,23H,2,7-10H2,1H3,(H,20,24);1H. The Morgan fingerprint density at radius 3 is 2.76 bits per heavy atom. The molecule has 1 atom stereocenters. The maximum atomic E-state index is 12.6. The van der Waals surface area contributed by atoms with Crippen molar-refractivity contribution in [3.8, 4) is 11.3 Å². The molecule has 1 unspecified atom stereocenters. The number of aromatic nitrogens is 2. The second-order valence-electron chi connectivity index (χ2n) is 6.19. The molecule has 0 spiro atoms. The molecule has 0 saturated carbocycles. The Morgan fingerprint density at radius 1 is 1.44 bits per heavy atom. The van der Waals surface area contributed by atoms with E-state index in [1.165, 1.54) is 0 Å². The van der Waals surface area contributed by atoms with Crippen LogP contribution < -0.4 is 10.6 Å². The lowest BCUT2D eigenvalue weighted by Crippen LogP contribution is -2.48. The predicted molar refractivity (Wildman–Crippen MR) is 101 cm³/mol. The van der Waals surface area contributed by atoms with Gasteiger partial charge in [-0.2, -0.15) is 5.10 Å². The van der Waals surface area contributed by atoms with Crippen LogP contribution in [0.25, 0.3) is 11.3 Å². The molecule has 3 rings (SSSR count). The van der Waals surface area contributed by atoms with Crippen molar-refractivity contribution in [2.75, 3.05) is 18.5 Å². The molecule has 1 aliphatic rings. The Labute approximate surface area is 158 Å². The average Bonchev–Trinajstić information content (AvgIpc) is 3.17. The van der Waals surface area contributed by atoms with Crippen LogP contribution in [0.5, 0.6) is 0 Å². The lowest BCUT2D eigenvalue weighted by molar-refractivity contribution is -0.121. The molecule has 3 N–H and O–H groups in total. The van der Waals surface area contributed by atoms with E-state index >= 15 is 0 Å². The van der Waals surface area contributed by atoms with Crippen molar-refractivity contribution in [3.05, 3.63) is 35.4 Å². The van der Waals surface area contributed by atoms with E-state index in [4.69, 9.17) is 11.6 Å². The van der Waals surface area contributed by atoms with Crippen molar-refractivity contribution in [3.63, 3.8) is 0 Å². The molecule has 2 aromatic rings. The minimum absolute atomic E-state index is 0. The maximum Gasteiger partial charge on any atom is 0.245 e. The van der Waals surface area contributed by atoms with Crippen LogP contribution in [0.3, 0.4) is 0 Å². The summed E-state index contributed by atoms with van der Waals surface area (Å²) in [5.41, 5.74) is 1.06. The highest BCUT2D eigenvalue weighted by Gasteiger charge is 2.36. The molecule has 1 aromatic heterocycles. The number of aliphatic hydroxyl groups is 1. The molecule has 25 heavy (non-hydrogen) atoms. The van der Waals surface area contributed by atoms with Gasteiger partial charge in [0.2, 0.25) is 5.91 Å². The van der Waals surface area contributed by atoms with E-state index in [1.54, 1.807) is 16.8 Å². The van der Waals surface area contributed by atoms with Gasteiger partial charge in [-0.15, -0.1) is 12.4 Å². The zero-order valence-electron chi connectivity index (χ0n) is 14.0. The van der Waals surface area contributed by atoms with Gasteiger partial charge in [0.25, 0.3) is 0 Å². The van der Waals surface area contributed by atoms with Crippen molar-refractivity contribution in [2.24, 2.45) is 0 Å². The zero-order chi connectivity index (χ0) is 17.2. The summed E-state index contributed by atoms with van der Waals surface area (Å²) in [7, 11) is 0. The van der Waals surface area contributed by atoms with Crippen LogP contribution in [-0.4, -0.2) is 39.5 Å². The third kappa shape index (κ3) is 4.33. The van der Waals surface area contributed by atoms with Crippen LogP contribution >= 0.6 is 24.0 Å². The van der Waals surface area contributed by atoms with Gasteiger partial charge in [-0.1, -0.05) is 23.7 Å². The molecule has 1 aliphatic heterocycles. The summed E-state index contributed by atoms with van der Waals surface area (Å²) in [5.74, 6) is 0.496. The van der Waals surface area contributed by atoms with Crippen molar-refractivity contribution in [1.29, 1.82) is 0 Å². The highest BCUT2D eigenvalue weighted by Crippen LogP contribution is 2.25. The molecule has 2 heterocycles. The summed E-state index contributed by atoms with van der Waals surface area (Å²) >= 11 is 5.92. The first kappa shape index (κ1) is 19.7. The number of aliphatic hydroxyl groups excluding tert-OH is 1. The van der Waals surface area contributed by atoms with Gasteiger partial charge in [-0.25, -0.2) is 4.68 Å². The van der Waals surface area contributed by atoms with Crippen molar-refractivity contribution in [1.82, 2.24) is 15.1 Å². The SMILES string of the molecule is CC1(C(=O)Nc2cc(-c3ccc(Cl)cc3)nn2CCO)CCCN1.Cl. The van der Waals surface area contributed by atoms with Crippen molar-refractivity contribution < 1.29 is 9.90 Å². The molecule has 1 saturated heterocycles. The Morgan fingerprint density at radius 2 is 2.16 bits per heavy atom. The van der Waals surface area contributed by atoms with Crippen LogP contribution in [-0.2, 0) is 11.3 Å². The van der Waals surface area contributed by atoms with Crippen LogP contribution in [0.15, 0.2) is 30.3 Å². The van der Waals surface area contributed by atoms with Gasteiger partial charge < -0.3 is 15.7 Å². The molecule has 0 aliphatic carbocycles. The van der Waals surface area contributed by atoms with Gasteiger partial charge in [-0.05, 0) is 38.4 Å². The quantitative estimate of drug-likeness (QED) is 0.740. The average molecular weight is 385 g/mol. The van der Waals surface area contributed by atoms with Gasteiger partial charge >= 0.3 is 0 Å². The predicted octanol–water partition coefficient (Wildman–Crippen LogP) is 2.70. The van der Waals surface area contributed by atoms with E-state index < -0.39 is 5.54 Å². The highest BCUT2D eigenvalue weighted by molar-refractivity contribution is 6.30. The lowest BCUT2D eigenvalue weighted by atomic mass is 9.99. The van der Waals surface area contributed by atoms with Crippen molar-refractivity contribution >= 4 is 35.7 Å². The molecular weight excluding hydrogens is 363 g/mol. The summed E-state index contributed by atoms with van der Waals surface area (Å²) in [6.07, 6.45) is 1.78. The number of carbonyl (C=O) groups is 1. The number of hydrogen-bond donors (Lipinski definition) is 3. The van der Waals surface area contributed by atoms with Gasteiger partial charge in [-0.3, -0.25) is 4.79 Å². The van der Waals surface area contributed by atoms with Crippen LogP contribution in [0.2, 0.25) is 5.02 Å². The summed E-state index contributed by atoms with van der Waals surface area (Å²) in [4.78, 5) is 12.6. The number of halogens is 2. The Kier molecular flexibility index (Phi) is 6.46. The fourth-order valence-corrected chi connectivity index (χ4v) is 3.01. The van der Waals surface area contributed by atoms with E-state index in [0.717, 1.165) is 30.6 Å². The topological polar surface area (TPSA) is 79.2 Å².